The quantitative estimate of drug-likeness (QED) is 0.295. The fourth-order valence-corrected chi connectivity index (χ4v) is 4.65. The summed E-state index contributed by atoms with van der Waals surface area (Å²) in [6.45, 7) is 1.55. The third-order valence-electron chi connectivity index (χ3n) is 5.09. The molecule has 4 rings (SSSR count). The molecule has 36 heavy (non-hydrogen) atoms. The number of ether oxygens (including phenoxy) is 1. The van der Waals surface area contributed by atoms with Crippen LogP contribution in [0.4, 0.5) is 24.5 Å². The Kier molecular flexibility index (Phi) is 7.46. The highest BCUT2D eigenvalue weighted by atomic mass is 32.2. The summed E-state index contributed by atoms with van der Waals surface area (Å²) in [5, 5.41) is 2.39. The fraction of sp³-hybridized carbons (Fsp3) is 0.115. The average Bonchev–Trinajstić information content (AvgIpc) is 3.11. The first kappa shape index (κ1) is 25.5. The summed E-state index contributed by atoms with van der Waals surface area (Å²) in [5.74, 6) is -0.490. The van der Waals surface area contributed by atoms with Gasteiger partial charge in [-0.15, -0.1) is 0 Å². The maximum Gasteiger partial charge on any atom is 0.416 e. The van der Waals surface area contributed by atoms with Crippen LogP contribution in [0.25, 0.3) is 6.08 Å². The number of benzene rings is 3. The lowest BCUT2D eigenvalue weighted by atomic mass is 10.2. The molecule has 3 aromatic rings. The van der Waals surface area contributed by atoms with E-state index in [1.165, 1.54) is 28.8 Å². The molecule has 1 heterocycles. The molecule has 0 atom stereocenters. The molecule has 1 saturated heterocycles. The molecule has 0 unspecified atom stereocenters. The minimum Gasteiger partial charge on any atom is -0.484 e. The highest BCUT2D eigenvalue weighted by Gasteiger charge is 2.33. The molecule has 0 bridgehead atoms. The number of halogens is 3. The first-order valence-corrected chi connectivity index (χ1v) is 11.9. The molecule has 0 saturated carbocycles. The third-order valence-corrected chi connectivity index (χ3v) is 6.39. The molecule has 5 nitrogen and oxygen atoms in total. The molecule has 1 fully saturated rings. The zero-order valence-corrected chi connectivity index (χ0v) is 20.5. The van der Waals surface area contributed by atoms with E-state index < -0.39 is 24.3 Å². The van der Waals surface area contributed by atoms with Crippen molar-refractivity contribution in [1.82, 2.24) is 0 Å². The molecule has 1 aliphatic rings. The summed E-state index contributed by atoms with van der Waals surface area (Å²) in [4.78, 5) is 27.1. The van der Waals surface area contributed by atoms with Crippen LogP contribution in [0.5, 0.6) is 5.75 Å². The molecule has 2 amide bonds. The van der Waals surface area contributed by atoms with Crippen molar-refractivity contribution in [2.24, 2.45) is 0 Å². The lowest BCUT2D eigenvalue weighted by Crippen LogP contribution is -2.27. The van der Waals surface area contributed by atoms with Gasteiger partial charge in [-0.05, 0) is 61.0 Å². The van der Waals surface area contributed by atoms with Gasteiger partial charge in [0.15, 0.2) is 10.9 Å². The molecule has 1 aliphatic heterocycles. The Labute approximate surface area is 214 Å². The molecular weight excluding hydrogens is 509 g/mol. The van der Waals surface area contributed by atoms with Crippen molar-refractivity contribution in [3.63, 3.8) is 0 Å². The molecule has 184 valence electrons. The Morgan fingerprint density at radius 3 is 2.53 bits per heavy atom. The van der Waals surface area contributed by atoms with Crippen LogP contribution in [-0.4, -0.2) is 22.7 Å². The van der Waals surface area contributed by atoms with E-state index >= 15 is 0 Å². The number of carbonyl (C=O) groups excluding carboxylic acids is 2. The molecule has 0 spiro atoms. The second-order valence-corrected chi connectivity index (χ2v) is 9.52. The Bertz CT molecular complexity index is 1360. The summed E-state index contributed by atoms with van der Waals surface area (Å²) in [6, 6.07) is 18.6. The first-order chi connectivity index (χ1) is 17.1. The Hall–Kier alpha value is -3.63. The number of hydrogen-bond donors (Lipinski definition) is 1. The van der Waals surface area contributed by atoms with Gasteiger partial charge >= 0.3 is 6.18 Å². The normalized spacial score (nSPS) is 14.9. The van der Waals surface area contributed by atoms with Crippen molar-refractivity contribution < 1.29 is 27.5 Å². The van der Waals surface area contributed by atoms with Gasteiger partial charge in [0.05, 0.1) is 16.2 Å². The largest absolute Gasteiger partial charge is 0.484 e. The lowest BCUT2D eigenvalue weighted by molar-refractivity contribution is -0.137. The minimum atomic E-state index is -4.51. The van der Waals surface area contributed by atoms with Gasteiger partial charge in [-0.3, -0.25) is 14.5 Å². The number of thiocarbonyl (C=S) groups is 1. The number of nitrogens with one attached hydrogen (secondary N) is 1. The number of nitrogens with zero attached hydrogens (tertiary/aromatic N) is 1. The van der Waals surface area contributed by atoms with Crippen molar-refractivity contribution in [2.75, 3.05) is 16.8 Å². The predicted octanol–water partition coefficient (Wildman–Crippen LogP) is 6.44. The number of aryl methyl sites for hydroxylation is 1. The van der Waals surface area contributed by atoms with E-state index in [4.69, 9.17) is 17.0 Å². The SMILES string of the molecule is Cc1ccc(N2C(=O)/C(=C/c3cccc(OCC(=O)Nc4cccc(C(F)(F)F)c4)c3)SC2=S)cc1. The zero-order valence-electron chi connectivity index (χ0n) is 18.8. The lowest BCUT2D eigenvalue weighted by Gasteiger charge is -2.14. The molecular formula is C26H19F3N2O3S2. The Morgan fingerprint density at radius 1 is 1.08 bits per heavy atom. The van der Waals surface area contributed by atoms with Gasteiger partial charge in [0, 0.05) is 5.69 Å². The van der Waals surface area contributed by atoms with Crippen LogP contribution in [0.3, 0.4) is 0 Å². The fourth-order valence-electron chi connectivity index (χ4n) is 3.35. The highest BCUT2D eigenvalue weighted by molar-refractivity contribution is 8.27. The van der Waals surface area contributed by atoms with Crippen LogP contribution in [0.2, 0.25) is 0 Å². The van der Waals surface area contributed by atoms with E-state index in [0.29, 0.717) is 26.2 Å². The summed E-state index contributed by atoms with van der Waals surface area (Å²) in [6.07, 6.45) is -2.82. The molecule has 0 aliphatic carbocycles. The van der Waals surface area contributed by atoms with E-state index in [2.05, 4.69) is 5.32 Å². The minimum absolute atomic E-state index is 0.0165. The monoisotopic (exact) mass is 528 g/mol. The van der Waals surface area contributed by atoms with Gasteiger partial charge in [-0.25, -0.2) is 0 Å². The molecule has 3 aromatic carbocycles. The van der Waals surface area contributed by atoms with E-state index in [9.17, 15) is 22.8 Å². The Balaban J connectivity index is 1.40. The maximum absolute atomic E-state index is 13.0. The molecule has 10 heteroatoms. The van der Waals surface area contributed by atoms with E-state index in [1.807, 2.05) is 31.2 Å². The number of rotatable bonds is 6. The summed E-state index contributed by atoms with van der Waals surface area (Å²) in [5.41, 5.74) is 1.58. The number of alkyl halides is 3. The standard InChI is InChI=1S/C26H19F3N2O3S2/c1-16-8-10-20(11-9-16)31-24(33)22(36-25(31)35)13-17-4-2-7-21(12-17)34-15-23(32)30-19-6-3-5-18(14-19)26(27,28)29/h2-14H,15H2,1H3,(H,30,32)/b22-13-. The van der Waals surface area contributed by atoms with Crippen LogP contribution < -0.4 is 15.0 Å². The number of anilines is 2. The van der Waals surface area contributed by atoms with Gasteiger partial charge in [0.2, 0.25) is 0 Å². The zero-order chi connectivity index (χ0) is 25.9. The smallest absolute Gasteiger partial charge is 0.416 e. The molecule has 1 N–H and O–H groups in total. The maximum atomic E-state index is 13.0. The van der Waals surface area contributed by atoms with Crippen LogP contribution >= 0.6 is 24.0 Å². The number of carbonyl (C=O) groups is 2. The van der Waals surface area contributed by atoms with Crippen LogP contribution in [-0.2, 0) is 15.8 Å². The highest BCUT2D eigenvalue weighted by Crippen LogP contribution is 2.36. The van der Waals surface area contributed by atoms with Crippen molar-refractivity contribution in [2.45, 2.75) is 13.1 Å². The topological polar surface area (TPSA) is 58.6 Å². The van der Waals surface area contributed by atoms with Crippen LogP contribution in [0, 0.1) is 6.92 Å². The summed E-state index contributed by atoms with van der Waals surface area (Å²) < 4.78 is 44.5. The number of amides is 2. The van der Waals surface area contributed by atoms with E-state index in [-0.39, 0.29) is 11.6 Å². The predicted molar refractivity (Wildman–Crippen MR) is 139 cm³/mol. The molecule has 0 radical (unpaired) electrons. The van der Waals surface area contributed by atoms with Gasteiger partial charge in [-0.2, -0.15) is 13.2 Å². The summed E-state index contributed by atoms with van der Waals surface area (Å²) in [7, 11) is 0. The van der Waals surface area contributed by atoms with Crippen molar-refractivity contribution in [3.05, 3.63) is 94.4 Å². The second kappa shape index (κ2) is 10.5. The van der Waals surface area contributed by atoms with Crippen molar-refractivity contribution in [3.8, 4) is 5.75 Å². The van der Waals surface area contributed by atoms with E-state index in [0.717, 1.165) is 17.7 Å². The Morgan fingerprint density at radius 2 is 1.81 bits per heavy atom. The van der Waals surface area contributed by atoms with Crippen LogP contribution in [0.1, 0.15) is 16.7 Å². The third kappa shape index (κ3) is 6.13. The number of thioether (sulfide) groups is 1. The van der Waals surface area contributed by atoms with Gasteiger partial charge < -0.3 is 10.1 Å². The van der Waals surface area contributed by atoms with E-state index in [1.54, 1.807) is 30.3 Å². The first-order valence-electron chi connectivity index (χ1n) is 10.6. The van der Waals surface area contributed by atoms with Gasteiger partial charge in [-0.1, -0.05) is 59.9 Å². The van der Waals surface area contributed by atoms with Crippen LogP contribution in [0.15, 0.2) is 77.7 Å². The van der Waals surface area contributed by atoms with Crippen molar-refractivity contribution >= 4 is 57.6 Å². The molecule has 0 aromatic heterocycles. The van der Waals surface area contributed by atoms with Gasteiger partial charge in [0.1, 0.15) is 5.75 Å². The second-order valence-electron chi connectivity index (χ2n) is 7.84. The average molecular weight is 529 g/mol. The van der Waals surface area contributed by atoms with Crippen molar-refractivity contribution in [1.29, 1.82) is 0 Å². The van der Waals surface area contributed by atoms with Gasteiger partial charge in [0.25, 0.3) is 11.8 Å². The summed E-state index contributed by atoms with van der Waals surface area (Å²) >= 11 is 6.59. The number of hydrogen-bond acceptors (Lipinski definition) is 5.